The lowest BCUT2D eigenvalue weighted by Crippen LogP contribution is -2.50. The van der Waals surface area contributed by atoms with Crippen LogP contribution in [-0.4, -0.2) is 18.4 Å². The number of allylic oxidation sites excluding steroid dienone is 1. The molecule has 4 saturated carbocycles. The van der Waals surface area contributed by atoms with Gasteiger partial charge in [0.05, 0.1) is 7.11 Å². The van der Waals surface area contributed by atoms with Gasteiger partial charge in [0.2, 0.25) is 0 Å². The molecular weight excluding hydrogens is 346 g/mol. The highest BCUT2D eigenvalue weighted by Crippen LogP contribution is 2.60. The summed E-state index contributed by atoms with van der Waals surface area (Å²) in [7, 11) is 1.72. The quantitative estimate of drug-likeness (QED) is 0.747. The molecule has 4 bridgehead atoms. The Morgan fingerprint density at radius 3 is 2.29 bits per heavy atom. The summed E-state index contributed by atoms with van der Waals surface area (Å²) in [4.78, 5) is 13.7. The molecule has 4 fully saturated rings. The normalized spacial score (nSPS) is 36.1. The van der Waals surface area contributed by atoms with Crippen LogP contribution in [0.2, 0.25) is 0 Å². The molecule has 5 aliphatic rings. The van der Waals surface area contributed by atoms with Crippen LogP contribution in [0, 0.1) is 30.1 Å². The molecule has 0 unspecified atom stereocenters. The number of fused-ring (bicyclic) bond motifs is 1. The Bertz CT molecular complexity index is 828. The summed E-state index contributed by atoms with van der Waals surface area (Å²) in [5.74, 6) is 3.64. The number of carbonyl (C=O) groups excluding carboxylic acids is 1. The zero-order valence-electron chi connectivity index (χ0n) is 17.7. The van der Waals surface area contributed by atoms with Crippen molar-refractivity contribution in [3.8, 4) is 5.75 Å². The van der Waals surface area contributed by atoms with Crippen LogP contribution in [0.1, 0.15) is 69.1 Å². The molecule has 28 heavy (non-hydrogen) atoms. The lowest BCUT2D eigenvalue weighted by molar-refractivity contribution is -0.138. The summed E-state index contributed by atoms with van der Waals surface area (Å²) < 4.78 is 5.58. The van der Waals surface area contributed by atoms with E-state index in [1.165, 1.54) is 24.8 Å². The van der Waals surface area contributed by atoms with Crippen molar-refractivity contribution < 1.29 is 9.53 Å². The number of ketones is 1. The van der Waals surface area contributed by atoms with E-state index in [1.54, 1.807) is 7.11 Å². The molecule has 0 saturated heterocycles. The molecule has 1 N–H and O–H groups in total. The van der Waals surface area contributed by atoms with Gasteiger partial charge in [-0.1, -0.05) is 6.07 Å². The molecule has 1 aromatic carbocycles. The molecule has 1 aliphatic heterocycles. The Labute approximate surface area is 168 Å². The highest BCUT2D eigenvalue weighted by atomic mass is 16.5. The van der Waals surface area contributed by atoms with Gasteiger partial charge in [-0.2, -0.15) is 0 Å². The molecule has 3 heteroatoms. The van der Waals surface area contributed by atoms with E-state index in [2.05, 4.69) is 38.2 Å². The standard InChI is InChI=1S/C25H33NO2/c1-15-5-19-14-24(2,3)26-21(20(19)9-22(15)28-4)10-23(27)25-11-16-6-17(12-25)8-18(7-16)13-25/h5,9-10,16-18,26H,6-8,11-14H2,1-4H3. The maximum atomic E-state index is 13.7. The van der Waals surface area contributed by atoms with Gasteiger partial charge in [-0.25, -0.2) is 0 Å². The lowest BCUT2D eigenvalue weighted by Gasteiger charge is -2.55. The zero-order valence-corrected chi connectivity index (χ0v) is 17.7. The van der Waals surface area contributed by atoms with E-state index in [0.29, 0.717) is 5.78 Å². The van der Waals surface area contributed by atoms with E-state index in [9.17, 15) is 4.79 Å². The average molecular weight is 380 g/mol. The molecule has 150 valence electrons. The van der Waals surface area contributed by atoms with Crippen molar-refractivity contribution in [2.45, 2.75) is 71.3 Å². The van der Waals surface area contributed by atoms with Crippen molar-refractivity contribution in [2.24, 2.45) is 23.2 Å². The number of carbonyl (C=O) groups is 1. The molecule has 1 heterocycles. The Morgan fingerprint density at radius 1 is 1.11 bits per heavy atom. The molecule has 0 atom stereocenters. The molecule has 3 nitrogen and oxygen atoms in total. The third kappa shape index (κ3) is 2.89. The predicted octanol–water partition coefficient (Wildman–Crippen LogP) is 5.05. The Balaban J connectivity index is 1.54. The van der Waals surface area contributed by atoms with E-state index in [1.807, 2.05) is 6.08 Å². The van der Waals surface area contributed by atoms with Gasteiger partial charge < -0.3 is 10.1 Å². The summed E-state index contributed by atoms with van der Waals surface area (Å²) >= 11 is 0. The number of hydrogen-bond donors (Lipinski definition) is 1. The van der Waals surface area contributed by atoms with Crippen LogP contribution in [0.4, 0.5) is 0 Å². The first-order valence-corrected chi connectivity index (χ1v) is 11.0. The Hall–Kier alpha value is -1.77. The minimum absolute atomic E-state index is 0.0540. The lowest BCUT2D eigenvalue weighted by atomic mass is 9.48. The van der Waals surface area contributed by atoms with Gasteiger partial charge in [0.15, 0.2) is 5.78 Å². The van der Waals surface area contributed by atoms with Crippen molar-refractivity contribution in [1.82, 2.24) is 5.32 Å². The van der Waals surface area contributed by atoms with Crippen LogP contribution in [0.15, 0.2) is 18.2 Å². The number of nitrogens with one attached hydrogen (secondary N) is 1. The largest absolute Gasteiger partial charge is 0.496 e. The Kier molecular flexibility index (Phi) is 3.99. The molecular formula is C25H33NO2. The van der Waals surface area contributed by atoms with Gasteiger partial charge >= 0.3 is 0 Å². The van der Waals surface area contributed by atoms with Gasteiger partial charge in [-0.3, -0.25) is 4.79 Å². The number of aryl methyl sites for hydroxylation is 1. The van der Waals surface area contributed by atoms with E-state index in [0.717, 1.165) is 66.0 Å². The van der Waals surface area contributed by atoms with Crippen LogP contribution in [0.3, 0.4) is 0 Å². The van der Waals surface area contributed by atoms with Gasteiger partial charge in [-0.05, 0) is 101 Å². The highest BCUT2D eigenvalue weighted by molar-refractivity contribution is 6.01. The second-order valence-electron chi connectivity index (χ2n) is 10.8. The highest BCUT2D eigenvalue weighted by Gasteiger charge is 2.54. The number of benzene rings is 1. The van der Waals surface area contributed by atoms with Crippen molar-refractivity contribution >= 4 is 11.5 Å². The van der Waals surface area contributed by atoms with Crippen LogP contribution in [-0.2, 0) is 11.2 Å². The second-order valence-corrected chi connectivity index (χ2v) is 10.8. The van der Waals surface area contributed by atoms with Gasteiger partial charge in [0, 0.05) is 28.3 Å². The maximum Gasteiger partial charge on any atom is 0.163 e. The minimum atomic E-state index is -0.0834. The first kappa shape index (κ1) is 18.3. The third-order valence-electron chi connectivity index (χ3n) is 7.85. The second kappa shape index (κ2) is 6.11. The molecule has 0 aromatic heterocycles. The molecule has 0 radical (unpaired) electrons. The van der Waals surface area contributed by atoms with Crippen LogP contribution >= 0.6 is 0 Å². The van der Waals surface area contributed by atoms with Crippen LogP contribution < -0.4 is 10.1 Å². The molecule has 4 aliphatic carbocycles. The van der Waals surface area contributed by atoms with Crippen molar-refractivity contribution in [2.75, 3.05) is 7.11 Å². The minimum Gasteiger partial charge on any atom is -0.496 e. The van der Waals surface area contributed by atoms with Crippen molar-refractivity contribution in [3.63, 3.8) is 0 Å². The third-order valence-corrected chi connectivity index (χ3v) is 7.85. The number of hydrogen-bond acceptors (Lipinski definition) is 3. The number of ether oxygens (including phenoxy) is 1. The first-order chi connectivity index (χ1) is 13.3. The Morgan fingerprint density at radius 2 is 1.71 bits per heavy atom. The fourth-order valence-corrected chi connectivity index (χ4v) is 7.13. The van der Waals surface area contributed by atoms with Crippen LogP contribution in [0.5, 0.6) is 5.75 Å². The van der Waals surface area contributed by atoms with E-state index >= 15 is 0 Å². The smallest absolute Gasteiger partial charge is 0.163 e. The van der Waals surface area contributed by atoms with Gasteiger partial charge in [-0.15, -0.1) is 0 Å². The van der Waals surface area contributed by atoms with Gasteiger partial charge in [0.1, 0.15) is 5.75 Å². The number of methoxy groups -OCH3 is 1. The summed E-state index contributed by atoms with van der Waals surface area (Å²) in [5, 5.41) is 3.67. The molecule has 0 amide bonds. The monoisotopic (exact) mass is 379 g/mol. The molecule has 0 spiro atoms. The van der Waals surface area contributed by atoms with E-state index in [4.69, 9.17) is 4.74 Å². The van der Waals surface area contributed by atoms with E-state index in [-0.39, 0.29) is 11.0 Å². The zero-order chi connectivity index (χ0) is 19.7. The van der Waals surface area contributed by atoms with Gasteiger partial charge in [0.25, 0.3) is 0 Å². The average Bonchev–Trinajstić information content (AvgIpc) is 2.59. The summed E-state index contributed by atoms with van der Waals surface area (Å²) in [6, 6.07) is 4.35. The number of rotatable bonds is 3. The fourth-order valence-electron chi connectivity index (χ4n) is 7.13. The fraction of sp³-hybridized carbons (Fsp3) is 0.640. The SMILES string of the molecule is COc1cc2c(cc1C)CC(C)(C)NC2=CC(=O)C12CC3CC(CC(C3)C1)C2. The predicted molar refractivity (Wildman–Crippen MR) is 112 cm³/mol. The summed E-state index contributed by atoms with van der Waals surface area (Å²) in [6.45, 7) is 6.54. The summed E-state index contributed by atoms with van der Waals surface area (Å²) in [6.07, 6.45) is 10.4. The van der Waals surface area contributed by atoms with Crippen LogP contribution in [0.25, 0.3) is 5.70 Å². The van der Waals surface area contributed by atoms with E-state index < -0.39 is 0 Å². The topological polar surface area (TPSA) is 38.3 Å². The van der Waals surface area contributed by atoms with Crippen molar-refractivity contribution in [1.29, 1.82) is 0 Å². The maximum absolute atomic E-state index is 13.7. The van der Waals surface area contributed by atoms with Crippen molar-refractivity contribution in [3.05, 3.63) is 34.9 Å². The summed E-state index contributed by atoms with van der Waals surface area (Å²) in [5.41, 5.74) is 4.46. The first-order valence-electron chi connectivity index (χ1n) is 11.0. The molecule has 1 aromatic rings. The molecule has 6 rings (SSSR count).